The molecule has 2 atom stereocenters. The SMILES string of the molecule is O=[PH](OCCNP1(=O)Oc2ccccc2-c2ccccc21)c1ccccc1-c1ccccc1O. The van der Waals surface area contributed by atoms with Gasteiger partial charge in [0.2, 0.25) is 8.03 Å². The first-order valence-corrected chi connectivity index (χ1v) is 13.8. The third kappa shape index (κ3) is 4.34. The number of hydrogen-bond acceptors (Lipinski definition) is 5. The molecule has 34 heavy (non-hydrogen) atoms. The summed E-state index contributed by atoms with van der Waals surface area (Å²) in [5.41, 5.74) is 3.01. The van der Waals surface area contributed by atoms with Gasteiger partial charge < -0.3 is 14.2 Å². The van der Waals surface area contributed by atoms with Crippen molar-refractivity contribution < 1.29 is 23.3 Å². The number of rotatable bonds is 7. The predicted molar refractivity (Wildman–Crippen MR) is 136 cm³/mol. The summed E-state index contributed by atoms with van der Waals surface area (Å²) in [5.74, 6) is 0.668. The Morgan fingerprint density at radius 3 is 2.21 bits per heavy atom. The molecule has 2 unspecified atom stereocenters. The van der Waals surface area contributed by atoms with E-state index in [9.17, 15) is 14.2 Å². The second kappa shape index (κ2) is 9.61. The van der Waals surface area contributed by atoms with E-state index in [1.54, 1.807) is 48.5 Å². The second-order valence-electron chi connectivity index (χ2n) is 7.76. The maximum Gasteiger partial charge on any atom is 0.347 e. The van der Waals surface area contributed by atoms with Gasteiger partial charge in [-0.1, -0.05) is 72.8 Å². The van der Waals surface area contributed by atoms with E-state index in [2.05, 4.69) is 5.09 Å². The summed E-state index contributed by atoms with van der Waals surface area (Å²) in [6.45, 7) is 0.257. The summed E-state index contributed by atoms with van der Waals surface area (Å²) >= 11 is 0. The number of benzene rings is 4. The minimum absolute atomic E-state index is 0.0735. The quantitative estimate of drug-likeness (QED) is 0.268. The molecular formula is C26H23NO5P2. The molecule has 2 N–H and O–H groups in total. The van der Waals surface area contributed by atoms with Crippen molar-refractivity contribution in [1.29, 1.82) is 0 Å². The monoisotopic (exact) mass is 491 g/mol. The molecule has 0 aromatic heterocycles. The fourth-order valence-electron chi connectivity index (χ4n) is 4.04. The Balaban J connectivity index is 1.29. The van der Waals surface area contributed by atoms with E-state index in [1.807, 2.05) is 48.5 Å². The zero-order valence-electron chi connectivity index (χ0n) is 18.2. The third-order valence-electron chi connectivity index (χ3n) is 5.62. The lowest BCUT2D eigenvalue weighted by Crippen LogP contribution is -2.29. The van der Waals surface area contributed by atoms with Crippen LogP contribution in [0.15, 0.2) is 97.1 Å². The van der Waals surface area contributed by atoms with Gasteiger partial charge in [-0.15, -0.1) is 0 Å². The van der Waals surface area contributed by atoms with E-state index in [1.165, 1.54) is 0 Å². The van der Waals surface area contributed by atoms with Crippen LogP contribution in [0.1, 0.15) is 0 Å². The molecule has 1 aliphatic heterocycles. The van der Waals surface area contributed by atoms with Crippen molar-refractivity contribution in [2.24, 2.45) is 0 Å². The topological polar surface area (TPSA) is 84.9 Å². The lowest BCUT2D eigenvalue weighted by Gasteiger charge is -2.28. The predicted octanol–water partition coefficient (Wildman–Crippen LogP) is 5.34. The van der Waals surface area contributed by atoms with Crippen LogP contribution in [-0.4, -0.2) is 18.3 Å². The van der Waals surface area contributed by atoms with Gasteiger partial charge in [-0.3, -0.25) is 9.13 Å². The molecular weight excluding hydrogens is 468 g/mol. The maximum atomic E-state index is 13.7. The van der Waals surface area contributed by atoms with Gasteiger partial charge in [0.25, 0.3) is 0 Å². The van der Waals surface area contributed by atoms with Crippen molar-refractivity contribution in [3.63, 3.8) is 0 Å². The van der Waals surface area contributed by atoms with Crippen LogP contribution >= 0.6 is 15.5 Å². The van der Waals surface area contributed by atoms with Crippen LogP contribution in [0.25, 0.3) is 22.3 Å². The highest BCUT2D eigenvalue weighted by Gasteiger charge is 2.35. The van der Waals surface area contributed by atoms with E-state index in [4.69, 9.17) is 9.05 Å². The molecule has 8 heteroatoms. The Labute approximate surface area is 198 Å². The lowest BCUT2D eigenvalue weighted by atomic mass is 10.0. The van der Waals surface area contributed by atoms with Gasteiger partial charge >= 0.3 is 7.52 Å². The number of phenols is 1. The first-order valence-electron chi connectivity index (χ1n) is 10.8. The molecule has 0 amide bonds. The number of para-hydroxylation sites is 2. The highest BCUT2D eigenvalue weighted by molar-refractivity contribution is 7.65. The van der Waals surface area contributed by atoms with Crippen LogP contribution in [0.5, 0.6) is 11.5 Å². The van der Waals surface area contributed by atoms with Crippen molar-refractivity contribution in [1.82, 2.24) is 5.09 Å². The molecule has 0 fully saturated rings. The van der Waals surface area contributed by atoms with Crippen LogP contribution in [0.3, 0.4) is 0 Å². The van der Waals surface area contributed by atoms with Crippen molar-refractivity contribution in [3.8, 4) is 33.8 Å². The molecule has 172 valence electrons. The highest BCUT2D eigenvalue weighted by atomic mass is 31.2. The van der Waals surface area contributed by atoms with Gasteiger partial charge in [0.15, 0.2) is 0 Å². The highest BCUT2D eigenvalue weighted by Crippen LogP contribution is 2.51. The first-order chi connectivity index (χ1) is 16.6. The van der Waals surface area contributed by atoms with Crippen molar-refractivity contribution in [2.75, 3.05) is 13.2 Å². The second-order valence-corrected chi connectivity index (χ2v) is 11.2. The van der Waals surface area contributed by atoms with Crippen molar-refractivity contribution >= 4 is 26.2 Å². The van der Waals surface area contributed by atoms with Crippen LogP contribution in [0.4, 0.5) is 0 Å². The maximum absolute atomic E-state index is 13.7. The smallest absolute Gasteiger partial charge is 0.347 e. The Hall–Kier alpha value is -3.14. The molecule has 0 saturated carbocycles. The average molecular weight is 491 g/mol. The summed E-state index contributed by atoms with van der Waals surface area (Å²) < 4.78 is 38.3. The fraction of sp³-hybridized carbons (Fsp3) is 0.0769. The first kappa shape index (κ1) is 22.6. The van der Waals surface area contributed by atoms with E-state index in [0.717, 1.165) is 11.1 Å². The van der Waals surface area contributed by atoms with Gasteiger partial charge in [-0.05, 0) is 29.8 Å². The average Bonchev–Trinajstić information content (AvgIpc) is 2.87. The van der Waals surface area contributed by atoms with Crippen LogP contribution in [0, 0.1) is 0 Å². The summed E-state index contributed by atoms with van der Waals surface area (Å²) in [6.07, 6.45) is 0. The standard InChI is InChI=1S/C26H23NO5P2/c28-23-13-5-1-9-19(23)21-11-3-7-15-25(21)33(29)31-18-17-27-34(30)26-16-8-4-12-22(26)20-10-2-6-14-24(20)32-34/h1-16,28,33H,17-18H2,(H,27,30). The summed E-state index contributed by atoms with van der Waals surface area (Å²) in [5, 5.41) is 14.3. The van der Waals surface area contributed by atoms with Crippen molar-refractivity contribution in [3.05, 3.63) is 97.1 Å². The Morgan fingerprint density at radius 2 is 1.41 bits per heavy atom. The molecule has 1 heterocycles. The lowest BCUT2D eigenvalue weighted by molar-refractivity contribution is 0.337. The van der Waals surface area contributed by atoms with E-state index in [-0.39, 0.29) is 18.9 Å². The number of fused-ring (bicyclic) bond motifs is 3. The van der Waals surface area contributed by atoms with Gasteiger partial charge in [0.05, 0.1) is 11.9 Å². The van der Waals surface area contributed by atoms with Gasteiger partial charge in [-0.25, -0.2) is 5.09 Å². The molecule has 6 nitrogen and oxygen atoms in total. The van der Waals surface area contributed by atoms with Crippen LogP contribution < -0.4 is 20.2 Å². The third-order valence-corrected chi connectivity index (χ3v) is 9.08. The van der Waals surface area contributed by atoms with E-state index >= 15 is 0 Å². The molecule has 1 aliphatic rings. The Kier molecular flexibility index (Phi) is 6.40. The van der Waals surface area contributed by atoms with E-state index in [0.29, 0.717) is 27.5 Å². The summed E-state index contributed by atoms with van der Waals surface area (Å²) in [6, 6.07) is 29.0. The van der Waals surface area contributed by atoms with E-state index < -0.39 is 15.5 Å². The molecule has 0 spiro atoms. The molecule has 0 aliphatic carbocycles. The minimum atomic E-state index is -3.39. The molecule has 5 rings (SSSR count). The zero-order chi connectivity index (χ0) is 23.5. The molecule has 0 radical (unpaired) electrons. The number of nitrogens with one attached hydrogen (secondary N) is 1. The summed E-state index contributed by atoms with van der Waals surface area (Å²) in [4.78, 5) is 0. The molecule has 4 aromatic carbocycles. The van der Waals surface area contributed by atoms with Gasteiger partial charge in [0.1, 0.15) is 11.5 Å². The Bertz CT molecular complexity index is 1420. The van der Waals surface area contributed by atoms with Gasteiger partial charge in [0, 0.05) is 28.5 Å². The normalized spacial score (nSPS) is 17.3. The Morgan fingerprint density at radius 1 is 0.794 bits per heavy atom. The largest absolute Gasteiger partial charge is 0.507 e. The zero-order valence-corrected chi connectivity index (χ0v) is 20.1. The number of phenolic OH excluding ortho intramolecular Hbond substituents is 1. The fourth-order valence-corrected chi connectivity index (χ4v) is 7.11. The number of aromatic hydroxyl groups is 1. The van der Waals surface area contributed by atoms with Crippen LogP contribution in [0.2, 0.25) is 0 Å². The van der Waals surface area contributed by atoms with Crippen molar-refractivity contribution in [2.45, 2.75) is 0 Å². The number of hydrogen-bond donors (Lipinski definition) is 2. The minimum Gasteiger partial charge on any atom is -0.507 e. The van der Waals surface area contributed by atoms with Gasteiger partial charge in [-0.2, -0.15) is 0 Å². The summed E-state index contributed by atoms with van der Waals surface area (Å²) in [7, 11) is -6.01. The molecule has 0 bridgehead atoms. The molecule has 0 saturated heterocycles. The van der Waals surface area contributed by atoms with Crippen LogP contribution in [-0.2, 0) is 13.7 Å². The molecule has 4 aromatic rings.